The molecule has 3 rings (SSSR count). The summed E-state index contributed by atoms with van der Waals surface area (Å²) >= 11 is 0. The van der Waals surface area contributed by atoms with E-state index in [9.17, 15) is 9.59 Å². The maximum Gasteiger partial charge on any atom is 0.323 e. The van der Waals surface area contributed by atoms with Crippen LogP contribution in [0.3, 0.4) is 0 Å². The number of hydrogen-bond donors (Lipinski definition) is 3. The molecule has 1 heterocycles. The normalized spacial score (nSPS) is 10.8. The quantitative estimate of drug-likeness (QED) is 0.692. The molecule has 3 N–H and O–H groups in total. The average Bonchev–Trinajstić information content (AvgIpc) is 2.86. The molecule has 5 nitrogen and oxygen atoms in total. The lowest BCUT2D eigenvalue weighted by atomic mass is 10.0. The summed E-state index contributed by atoms with van der Waals surface area (Å²) in [6, 6.07) is 13.4. The number of aromatic nitrogens is 2. The molecule has 0 spiro atoms. The van der Waals surface area contributed by atoms with Crippen molar-refractivity contribution in [3.8, 4) is 0 Å². The molecule has 0 bridgehead atoms. The van der Waals surface area contributed by atoms with Crippen LogP contribution in [0, 0.1) is 6.92 Å². The molecular weight excluding hydrogens is 278 g/mol. The Hall–Kier alpha value is -2.82. The van der Waals surface area contributed by atoms with E-state index in [1.807, 2.05) is 31.2 Å². The van der Waals surface area contributed by atoms with E-state index in [1.54, 1.807) is 18.2 Å². The predicted molar refractivity (Wildman–Crippen MR) is 87.0 cm³/mol. The number of carbonyl (C=O) groups is 1. The van der Waals surface area contributed by atoms with Crippen LogP contribution in [0.15, 0.2) is 47.3 Å². The van der Waals surface area contributed by atoms with Gasteiger partial charge < -0.3 is 15.3 Å². The van der Waals surface area contributed by atoms with Crippen LogP contribution in [-0.4, -0.2) is 15.9 Å². The topological polar surface area (TPSA) is 77.8 Å². The van der Waals surface area contributed by atoms with E-state index in [-0.39, 0.29) is 11.6 Å². The minimum absolute atomic E-state index is 0.0412. The second-order valence-corrected chi connectivity index (χ2v) is 5.31. The summed E-state index contributed by atoms with van der Waals surface area (Å²) in [5.41, 5.74) is 4.21. The van der Waals surface area contributed by atoms with Crippen molar-refractivity contribution >= 4 is 22.6 Å². The van der Waals surface area contributed by atoms with E-state index < -0.39 is 0 Å². The van der Waals surface area contributed by atoms with Crippen LogP contribution >= 0.6 is 0 Å². The van der Waals surface area contributed by atoms with E-state index in [2.05, 4.69) is 15.3 Å². The second kappa shape index (κ2) is 5.89. The molecule has 112 valence electrons. The van der Waals surface area contributed by atoms with Gasteiger partial charge in [0.25, 0.3) is 0 Å². The van der Waals surface area contributed by atoms with Gasteiger partial charge in [-0.05, 0) is 42.7 Å². The highest BCUT2D eigenvalue weighted by atomic mass is 16.1. The highest BCUT2D eigenvalue weighted by Gasteiger charge is 2.06. The number of nitrogens with one attached hydrogen (secondary N) is 3. The summed E-state index contributed by atoms with van der Waals surface area (Å²) in [7, 11) is 0. The van der Waals surface area contributed by atoms with E-state index in [1.165, 1.54) is 11.1 Å². The van der Waals surface area contributed by atoms with Gasteiger partial charge in [-0.3, -0.25) is 4.79 Å². The average molecular weight is 295 g/mol. The number of imidazole rings is 1. The molecule has 2 aromatic carbocycles. The van der Waals surface area contributed by atoms with Crippen LogP contribution in [0.5, 0.6) is 0 Å². The van der Waals surface area contributed by atoms with Crippen molar-refractivity contribution in [1.29, 1.82) is 0 Å². The van der Waals surface area contributed by atoms with Crippen molar-refractivity contribution in [3.63, 3.8) is 0 Å². The van der Waals surface area contributed by atoms with Gasteiger partial charge in [-0.25, -0.2) is 4.79 Å². The molecule has 1 aromatic heterocycles. The SMILES string of the molecule is Cc1ccccc1CCC(=O)Nc1ccc2[nH]c(=O)[nH]c2c1. The molecule has 0 fully saturated rings. The number of benzene rings is 2. The molecule has 0 saturated carbocycles. The number of hydrogen-bond acceptors (Lipinski definition) is 2. The van der Waals surface area contributed by atoms with Gasteiger partial charge in [-0.2, -0.15) is 0 Å². The number of aromatic amines is 2. The van der Waals surface area contributed by atoms with Crippen LogP contribution in [0.2, 0.25) is 0 Å². The fourth-order valence-corrected chi connectivity index (χ4v) is 2.47. The highest BCUT2D eigenvalue weighted by Crippen LogP contribution is 2.15. The summed E-state index contributed by atoms with van der Waals surface area (Å²) in [6.07, 6.45) is 1.13. The largest absolute Gasteiger partial charge is 0.326 e. The lowest BCUT2D eigenvalue weighted by Crippen LogP contribution is -2.12. The van der Waals surface area contributed by atoms with Gasteiger partial charge in [-0.15, -0.1) is 0 Å². The third kappa shape index (κ3) is 3.09. The first-order chi connectivity index (χ1) is 10.6. The Morgan fingerprint density at radius 3 is 2.68 bits per heavy atom. The molecule has 0 unspecified atom stereocenters. The van der Waals surface area contributed by atoms with E-state index >= 15 is 0 Å². The van der Waals surface area contributed by atoms with Gasteiger partial charge >= 0.3 is 5.69 Å². The highest BCUT2D eigenvalue weighted by molar-refractivity contribution is 5.93. The lowest BCUT2D eigenvalue weighted by Gasteiger charge is -2.07. The molecule has 0 saturated heterocycles. The zero-order chi connectivity index (χ0) is 15.5. The van der Waals surface area contributed by atoms with Crippen molar-refractivity contribution < 1.29 is 4.79 Å². The number of anilines is 1. The van der Waals surface area contributed by atoms with Gasteiger partial charge in [0.15, 0.2) is 0 Å². The first-order valence-corrected chi connectivity index (χ1v) is 7.18. The zero-order valence-electron chi connectivity index (χ0n) is 12.3. The number of fused-ring (bicyclic) bond motifs is 1. The maximum absolute atomic E-state index is 12.0. The fourth-order valence-electron chi connectivity index (χ4n) is 2.47. The Bertz CT molecular complexity index is 877. The van der Waals surface area contributed by atoms with Crippen molar-refractivity contribution in [2.45, 2.75) is 19.8 Å². The number of carbonyl (C=O) groups excluding carboxylic acids is 1. The third-order valence-electron chi connectivity index (χ3n) is 3.68. The predicted octanol–water partition coefficient (Wildman–Crippen LogP) is 2.74. The standard InChI is InChI=1S/C17H17N3O2/c1-11-4-2-3-5-12(11)6-9-16(21)18-13-7-8-14-15(10-13)20-17(22)19-14/h2-5,7-8,10H,6,9H2,1H3,(H,18,21)(H2,19,20,22). The third-order valence-corrected chi connectivity index (χ3v) is 3.68. The summed E-state index contributed by atoms with van der Waals surface area (Å²) in [4.78, 5) is 28.6. The van der Waals surface area contributed by atoms with Gasteiger partial charge in [0.2, 0.25) is 5.91 Å². The smallest absolute Gasteiger partial charge is 0.323 e. The minimum atomic E-state index is -0.252. The van der Waals surface area contributed by atoms with Crippen LogP contribution in [0.4, 0.5) is 5.69 Å². The Balaban J connectivity index is 1.65. The molecule has 0 atom stereocenters. The number of aryl methyl sites for hydroxylation is 2. The van der Waals surface area contributed by atoms with Crippen LogP contribution in [0.1, 0.15) is 17.5 Å². The molecule has 0 aliphatic rings. The summed E-state index contributed by atoms with van der Waals surface area (Å²) < 4.78 is 0. The number of amides is 1. The van der Waals surface area contributed by atoms with Crippen molar-refractivity contribution in [3.05, 3.63) is 64.1 Å². The van der Waals surface area contributed by atoms with Gasteiger partial charge in [0.1, 0.15) is 0 Å². The maximum atomic E-state index is 12.0. The number of rotatable bonds is 4. The molecule has 22 heavy (non-hydrogen) atoms. The van der Waals surface area contributed by atoms with Gasteiger partial charge in [0, 0.05) is 12.1 Å². The summed E-state index contributed by atoms with van der Waals surface area (Å²) in [5, 5.41) is 2.86. The molecule has 5 heteroatoms. The van der Waals surface area contributed by atoms with Crippen LogP contribution in [0.25, 0.3) is 11.0 Å². The van der Waals surface area contributed by atoms with E-state index in [0.717, 1.165) is 5.52 Å². The first kappa shape index (κ1) is 14.1. The van der Waals surface area contributed by atoms with Crippen molar-refractivity contribution in [2.75, 3.05) is 5.32 Å². The summed E-state index contributed by atoms with van der Waals surface area (Å²) in [5.74, 6) is -0.0412. The van der Waals surface area contributed by atoms with Crippen molar-refractivity contribution in [1.82, 2.24) is 9.97 Å². The Kier molecular flexibility index (Phi) is 3.78. The van der Waals surface area contributed by atoms with E-state index in [4.69, 9.17) is 0 Å². The molecule has 1 amide bonds. The van der Waals surface area contributed by atoms with Crippen LogP contribution < -0.4 is 11.0 Å². The van der Waals surface area contributed by atoms with Crippen molar-refractivity contribution in [2.24, 2.45) is 0 Å². The minimum Gasteiger partial charge on any atom is -0.326 e. The molecule has 0 aliphatic carbocycles. The lowest BCUT2D eigenvalue weighted by molar-refractivity contribution is -0.116. The molecule has 0 aliphatic heterocycles. The Morgan fingerprint density at radius 1 is 1.09 bits per heavy atom. The monoisotopic (exact) mass is 295 g/mol. The van der Waals surface area contributed by atoms with Gasteiger partial charge in [0.05, 0.1) is 11.0 Å². The van der Waals surface area contributed by atoms with E-state index in [0.29, 0.717) is 24.0 Å². The zero-order valence-corrected chi connectivity index (χ0v) is 12.3. The Labute approximate surface area is 127 Å². The Morgan fingerprint density at radius 2 is 1.86 bits per heavy atom. The molecule has 0 radical (unpaired) electrons. The molecular formula is C17H17N3O2. The number of H-pyrrole nitrogens is 2. The van der Waals surface area contributed by atoms with Gasteiger partial charge in [-0.1, -0.05) is 24.3 Å². The van der Waals surface area contributed by atoms with Crippen LogP contribution in [-0.2, 0) is 11.2 Å². The first-order valence-electron chi connectivity index (χ1n) is 7.18. The second-order valence-electron chi connectivity index (χ2n) is 5.31. The summed E-state index contributed by atoms with van der Waals surface area (Å²) in [6.45, 7) is 2.05. The fraction of sp³-hybridized carbons (Fsp3) is 0.176. The molecule has 3 aromatic rings.